The topological polar surface area (TPSA) is 226 Å². The third-order valence-electron chi connectivity index (χ3n) is 6.43. The van der Waals surface area contributed by atoms with Crippen molar-refractivity contribution in [3.05, 3.63) is 76.6 Å². The van der Waals surface area contributed by atoms with Crippen molar-refractivity contribution < 1.29 is 28.2 Å². The molecule has 3 atom stereocenters. The van der Waals surface area contributed by atoms with Crippen LogP contribution in [-0.2, 0) is 24.8 Å². The molecular formula is C32H30ClN7O6S. The maximum Gasteiger partial charge on any atom is 0.323 e. The van der Waals surface area contributed by atoms with Crippen LogP contribution in [0.15, 0.2) is 64.2 Å². The molecule has 0 saturated carbocycles. The Balaban J connectivity index is 1.52. The summed E-state index contributed by atoms with van der Waals surface area (Å²) in [7, 11) is 0. The van der Waals surface area contributed by atoms with Gasteiger partial charge in [0, 0.05) is 21.9 Å². The third kappa shape index (κ3) is 9.00. The fourth-order valence-corrected chi connectivity index (χ4v) is 5.03. The van der Waals surface area contributed by atoms with E-state index in [1.807, 2.05) is 0 Å². The van der Waals surface area contributed by atoms with Crippen LogP contribution in [-0.4, -0.2) is 53.3 Å². The molecule has 47 heavy (non-hydrogen) atoms. The smallest absolute Gasteiger partial charge is 0.323 e. The minimum atomic E-state index is -0.960. The molecule has 0 saturated heterocycles. The van der Waals surface area contributed by atoms with Gasteiger partial charge in [-0.05, 0) is 55.8 Å². The summed E-state index contributed by atoms with van der Waals surface area (Å²) in [5.74, 6) is -0.316. The SMILES string of the molecule is C[C@H](N)C(=O)OC[C@@H](COc1ccc(-c2c(C#N)c(N)nc(SCc3coc(-c4ccc(Cl)cc4)n3)c2C#N)cc1)OC(=O)[C@H](C)N. The molecule has 0 unspecified atom stereocenters. The van der Waals surface area contributed by atoms with Crippen molar-refractivity contribution in [2.24, 2.45) is 11.5 Å². The molecule has 0 fully saturated rings. The van der Waals surface area contributed by atoms with E-state index in [-0.39, 0.29) is 30.2 Å². The van der Waals surface area contributed by atoms with E-state index in [2.05, 4.69) is 22.1 Å². The summed E-state index contributed by atoms with van der Waals surface area (Å²) < 4.78 is 21.8. The number of oxazole rings is 1. The average Bonchev–Trinajstić information content (AvgIpc) is 3.54. The van der Waals surface area contributed by atoms with Gasteiger partial charge in [-0.3, -0.25) is 9.59 Å². The summed E-state index contributed by atoms with van der Waals surface area (Å²) in [4.78, 5) is 32.7. The quantitative estimate of drug-likeness (QED) is 0.133. The number of nitriles is 2. The lowest BCUT2D eigenvalue weighted by molar-refractivity contribution is -0.162. The van der Waals surface area contributed by atoms with E-state index in [1.54, 1.807) is 48.5 Å². The van der Waals surface area contributed by atoms with Crippen molar-refractivity contribution in [2.45, 2.75) is 42.8 Å². The third-order valence-corrected chi connectivity index (χ3v) is 7.69. The fraction of sp³-hybridized carbons (Fsp3) is 0.250. The van der Waals surface area contributed by atoms with Gasteiger partial charge >= 0.3 is 11.9 Å². The molecule has 0 amide bonds. The van der Waals surface area contributed by atoms with Crippen LogP contribution < -0.4 is 21.9 Å². The fourth-order valence-electron chi connectivity index (χ4n) is 4.03. The number of hydrogen-bond donors (Lipinski definition) is 3. The molecule has 0 radical (unpaired) electrons. The van der Waals surface area contributed by atoms with E-state index in [0.717, 1.165) is 5.56 Å². The summed E-state index contributed by atoms with van der Waals surface area (Å²) >= 11 is 7.19. The molecule has 2 aromatic heterocycles. The molecule has 2 heterocycles. The zero-order valence-corrected chi connectivity index (χ0v) is 26.9. The van der Waals surface area contributed by atoms with Crippen molar-refractivity contribution in [1.82, 2.24) is 9.97 Å². The van der Waals surface area contributed by atoms with Gasteiger partial charge in [0.15, 0.2) is 6.10 Å². The normalized spacial score (nSPS) is 12.7. The van der Waals surface area contributed by atoms with Crippen molar-refractivity contribution in [1.29, 1.82) is 10.5 Å². The van der Waals surface area contributed by atoms with Gasteiger partial charge in [-0.15, -0.1) is 0 Å². The van der Waals surface area contributed by atoms with E-state index in [4.69, 9.17) is 47.4 Å². The highest BCUT2D eigenvalue weighted by atomic mass is 35.5. The van der Waals surface area contributed by atoms with Gasteiger partial charge in [0.25, 0.3) is 0 Å². The lowest BCUT2D eigenvalue weighted by Gasteiger charge is -2.20. The number of thioether (sulfide) groups is 1. The van der Waals surface area contributed by atoms with E-state index in [1.165, 1.54) is 31.9 Å². The molecule has 0 aliphatic rings. The monoisotopic (exact) mass is 675 g/mol. The highest BCUT2D eigenvalue weighted by Crippen LogP contribution is 2.37. The molecule has 242 valence electrons. The van der Waals surface area contributed by atoms with Crippen LogP contribution in [0.1, 0.15) is 30.7 Å². The van der Waals surface area contributed by atoms with Gasteiger partial charge in [0.05, 0.1) is 11.3 Å². The molecule has 4 aromatic rings. The van der Waals surface area contributed by atoms with Gasteiger partial charge in [-0.2, -0.15) is 10.5 Å². The van der Waals surface area contributed by atoms with Crippen molar-refractivity contribution in [3.8, 4) is 40.5 Å². The van der Waals surface area contributed by atoms with E-state index >= 15 is 0 Å². The average molecular weight is 676 g/mol. The van der Waals surface area contributed by atoms with Crippen LogP contribution in [0.25, 0.3) is 22.6 Å². The van der Waals surface area contributed by atoms with Gasteiger partial charge in [0.1, 0.15) is 65.9 Å². The highest BCUT2D eigenvalue weighted by molar-refractivity contribution is 7.98. The Kier molecular flexibility index (Phi) is 11.8. The Labute approximate surface area is 279 Å². The second-order valence-corrected chi connectivity index (χ2v) is 11.6. The molecule has 0 aliphatic carbocycles. The lowest BCUT2D eigenvalue weighted by atomic mass is 9.97. The van der Waals surface area contributed by atoms with Crippen molar-refractivity contribution >= 4 is 41.1 Å². The first-order chi connectivity index (χ1) is 22.5. The number of aromatic nitrogens is 2. The zero-order valence-electron chi connectivity index (χ0n) is 25.3. The number of anilines is 1. The number of benzene rings is 2. The van der Waals surface area contributed by atoms with E-state index in [0.29, 0.717) is 44.3 Å². The zero-order chi connectivity index (χ0) is 34.1. The van der Waals surface area contributed by atoms with Crippen molar-refractivity contribution in [2.75, 3.05) is 18.9 Å². The van der Waals surface area contributed by atoms with Crippen LogP contribution in [0.3, 0.4) is 0 Å². The van der Waals surface area contributed by atoms with Gasteiger partial charge in [-0.25, -0.2) is 9.97 Å². The molecule has 2 aromatic carbocycles. The van der Waals surface area contributed by atoms with Crippen LogP contribution >= 0.6 is 23.4 Å². The van der Waals surface area contributed by atoms with Crippen LogP contribution in [0.5, 0.6) is 5.75 Å². The van der Waals surface area contributed by atoms with E-state index in [9.17, 15) is 20.1 Å². The first-order valence-corrected chi connectivity index (χ1v) is 15.4. The maximum atomic E-state index is 12.1. The Morgan fingerprint density at radius 2 is 1.57 bits per heavy atom. The molecule has 6 N–H and O–H groups in total. The Bertz CT molecular complexity index is 1820. The van der Waals surface area contributed by atoms with Crippen LogP contribution in [0.4, 0.5) is 5.82 Å². The first kappa shape index (κ1) is 34.7. The number of carbonyl (C=O) groups is 2. The van der Waals surface area contributed by atoms with Crippen LogP contribution in [0, 0.1) is 22.7 Å². The summed E-state index contributed by atoms with van der Waals surface area (Å²) in [6.07, 6.45) is 0.554. The summed E-state index contributed by atoms with van der Waals surface area (Å²) in [6.45, 7) is 2.47. The molecule has 0 aliphatic heterocycles. The molecule has 0 bridgehead atoms. The number of rotatable bonds is 13. The van der Waals surface area contributed by atoms with Gasteiger partial charge in [0.2, 0.25) is 5.89 Å². The number of halogens is 1. The number of hydrogen-bond acceptors (Lipinski definition) is 14. The molecule has 0 spiro atoms. The number of carbonyl (C=O) groups excluding carboxylic acids is 2. The minimum absolute atomic E-state index is 0.0357. The molecule has 13 nitrogen and oxygen atoms in total. The number of nitrogens with zero attached hydrogens (tertiary/aromatic N) is 4. The number of ether oxygens (including phenoxy) is 3. The predicted octanol–water partition coefficient (Wildman–Crippen LogP) is 4.20. The minimum Gasteiger partial charge on any atom is -0.490 e. The summed E-state index contributed by atoms with van der Waals surface area (Å²) in [6, 6.07) is 16.0. The summed E-state index contributed by atoms with van der Waals surface area (Å²) in [5.41, 5.74) is 19.7. The highest BCUT2D eigenvalue weighted by Gasteiger charge is 2.23. The largest absolute Gasteiger partial charge is 0.490 e. The first-order valence-electron chi connectivity index (χ1n) is 14.1. The summed E-state index contributed by atoms with van der Waals surface area (Å²) in [5, 5.41) is 21.0. The Hall–Kier alpha value is -5.12. The lowest BCUT2D eigenvalue weighted by Crippen LogP contribution is -2.38. The Morgan fingerprint density at radius 1 is 0.936 bits per heavy atom. The second-order valence-electron chi connectivity index (χ2n) is 10.2. The standard InChI is InChI=1S/C32H30ClN7O6S/c1-17(36)31(41)45-15-24(46-32(42)18(2)37)14-43-23-9-5-19(6-10-23)27-25(11-34)28(38)40-30(26(27)12-35)47-16-22-13-44-29(39-22)20-3-7-21(33)8-4-20/h3-10,13,17-18,24H,14-16,36-37H2,1-2H3,(H2,38,40)/t17-,18-,24+/m0/s1. The van der Waals surface area contributed by atoms with Crippen LogP contribution in [0.2, 0.25) is 5.02 Å². The molecular weight excluding hydrogens is 646 g/mol. The number of esters is 2. The second kappa shape index (κ2) is 15.9. The maximum absolute atomic E-state index is 12.1. The molecule has 4 rings (SSSR count). The molecule has 15 heteroatoms. The number of nitrogen functional groups attached to an aromatic ring is 1. The number of nitrogens with two attached hydrogens (primary N) is 3. The Morgan fingerprint density at radius 3 is 2.19 bits per heavy atom. The van der Waals surface area contributed by atoms with Gasteiger partial charge < -0.3 is 35.8 Å². The van der Waals surface area contributed by atoms with Crippen molar-refractivity contribution in [3.63, 3.8) is 0 Å². The van der Waals surface area contributed by atoms with Gasteiger partial charge in [-0.1, -0.05) is 35.5 Å². The van der Waals surface area contributed by atoms with E-state index < -0.39 is 30.1 Å². The number of pyridine rings is 1. The predicted molar refractivity (Wildman–Crippen MR) is 174 cm³/mol.